The molecule has 1 aromatic heterocycles. The number of hydrogen-bond acceptors (Lipinski definition) is 6. The van der Waals surface area contributed by atoms with Crippen LogP contribution in [-0.4, -0.2) is 58.9 Å². The minimum Gasteiger partial charge on any atom is -0.409 e. The molecule has 1 atom stereocenters. The topological polar surface area (TPSA) is 90.9 Å². The Balaban J connectivity index is 2.42. The first-order valence-corrected chi connectivity index (χ1v) is 7.26. The number of hydrogen-bond donors (Lipinski definition) is 2. The molecule has 3 N–H and O–H groups in total. The Morgan fingerprint density at radius 3 is 2.71 bits per heavy atom. The second kappa shape index (κ2) is 6.26. The molecule has 1 saturated heterocycles. The maximum absolute atomic E-state index is 9.05. The van der Waals surface area contributed by atoms with E-state index in [0.29, 0.717) is 17.4 Å². The summed E-state index contributed by atoms with van der Waals surface area (Å²) in [6.45, 7) is 8.67. The number of amidine groups is 1. The monoisotopic (exact) mass is 292 g/mol. The highest BCUT2D eigenvalue weighted by Gasteiger charge is 2.27. The lowest BCUT2D eigenvalue weighted by atomic mass is 10.1. The number of nitrogens with zero attached hydrogens (tertiary/aromatic N) is 5. The third-order valence-electron chi connectivity index (χ3n) is 4.35. The first-order valence-electron chi connectivity index (χ1n) is 7.26. The summed E-state index contributed by atoms with van der Waals surface area (Å²) < 4.78 is 0. The van der Waals surface area contributed by atoms with Crippen LogP contribution < -0.4 is 10.6 Å². The fourth-order valence-electron chi connectivity index (χ4n) is 2.75. The summed E-state index contributed by atoms with van der Waals surface area (Å²) in [6, 6.07) is 0.474. The third-order valence-corrected chi connectivity index (χ3v) is 4.35. The second-order valence-electron chi connectivity index (χ2n) is 5.58. The van der Waals surface area contributed by atoms with Gasteiger partial charge < -0.3 is 15.8 Å². The molecule has 0 aliphatic carbocycles. The maximum atomic E-state index is 9.05. The van der Waals surface area contributed by atoms with Crippen LogP contribution in [0.25, 0.3) is 0 Å². The fraction of sp³-hybridized carbons (Fsp3) is 0.643. The molecule has 0 bridgehead atoms. The molecule has 1 fully saturated rings. The number of anilines is 1. The Kier molecular flexibility index (Phi) is 4.62. The van der Waals surface area contributed by atoms with Crippen LogP contribution in [0.4, 0.5) is 5.82 Å². The van der Waals surface area contributed by atoms with E-state index in [4.69, 9.17) is 10.9 Å². The van der Waals surface area contributed by atoms with Gasteiger partial charge in [0.2, 0.25) is 0 Å². The van der Waals surface area contributed by atoms with Crippen molar-refractivity contribution in [2.45, 2.75) is 33.2 Å². The molecule has 1 aliphatic rings. The van der Waals surface area contributed by atoms with Gasteiger partial charge in [0.1, 0.15) is 0 Å². The molecule has 0 amide bonds. The van der Waals surface area contributed by atoms with Crippen LogP contribution >= 0.6 is 0 Å². The van der Waals surface area contributed by atoms with Crippen LogP contribution in [0.1, 0.15) is 30.2 Å². The Morgan fingerprint density at radius 2 is 2.10 bits per heavy atom. The number of aryl methyl sites for hydroxylation is 1. The summed E-state index contributed by atoms with van der Waals surface area (Å²) in [5, 5.41) is 20.7. The molecular formula is C14H24N6O. The van der Waals surface area contributed by atoms with Gasteiger partial charge in [-0.05, 0) is 32.9 Å². The quantitative estimate of drug-likeness (QED) is 0.369. The van der Waals surface area contributed by atoms with Gasteiger partial charge >= 0.3 is 0 Å². The van der Waals surface area contributed by atoms with Crippen molar-refractivity contribution in [2.75, 3.05) is 31.6 Å². The van der Waals surface area contributed by atoms with E-state index in [0.717, 1.165) is 37.3 Å². The lowest BCUT2D eigenvalue weighted by Crippen LogP contribution is -2.52. The maximum Gasteiger partial charge on any atom is 0.174 e. The highest BCUT2D eigenvalue weighted by Crippen LogP contribution is 2.24. The van der Waals surface area contributed by atoms with Crippen LogP contribution in [0.2, 0.25) is 0 Å². The predicted molar refractivity (Wildman–Crippen MR) is 82.9 cm³/mol. The number of nitrogens with two attached hydrogens (primary N) is 1. The molecule has 7 heteroatoms. The zero-order valence-corrected chi connectivity index (χ0v) is 13.2. The molecule has 0 spiro atoms. The van der Waals surface area contributed by atoms with Crippen molar-refractivity contribution in [2.24, 2.45) is 10.9 Å². The fourth-order valence-corrected chi connectivity index (χ4v) is 2.75. The molecule has 0 aromatic carbocycles. The van der Waals surface area contributed by atoms with Crippen LogP contribution in [0.3, 0.4) is 0 Å². The Hall–Kier alpha value is -1.89. The first kappa shape index (κ1) is 15.5. The molecule has 1 aliphatic heterocycles. The molecule has 1 aromatic rings. The van der Waals surface area contributed by atoms with Crippen molar-refractivity contribution in [3.8, 4) is 0 Å². The van der Waals surface area contributed by atoms with E-state index in [9.17, 15) is 0 Å². The van der Waals surface area contributed by atoms with Gasteiger partial charge in [0.15, 0.2) is 11.7 Å². The van der Waals surface area contributed by atoms with E-state index >= 15 is 0 Å². The molecule has 116 valence electrons. The van der Waals surface area contributed by atoms with E-state index < -0.39 is 0 Å². The van der Waals surface area contributed by atoms with E-state index in [2.05, 4.69) is 39.1 Å². The molecule has 21 heavy (non-hydrogen) atoms. The van der Waals surface area contributed by atoms with Crippen molar-refractivity contribution in [1.29, 1.82) is 0 Å². The Bertz CT molecular complexity index is 545. The molecule has 1 unspecified atom stereocenters. The largest absolute Gasteiger partial charge is 0.409 e. The number of oxime groups is 1. The standard InChI is InChI=1S/C14H24N6O/c1-5-11-8-20(7-6-19(11)4)14-12(13(15)18-21)9(2)10(3)16-17-14/h11,21H,5-8H2,1-4H3,(H2,15,18). The van der Waals surface area contributed by atoms with Crippen LogP contribution in [-0.2, 0) is 0 Å². The van der Waals surface area contributed by atoms with Gasteiger partial charge in [-0.1, -0.05) is 12.1 Å². The van der Waals surface area contributed by atoms with Gasteiger partial charge in [0.25, 0.3) is 0 Å². The SMILES string of the molecule is CCC1CN(c2nnc(C)c(C)c2C(N)=NO)CCN1C. The molecule has 2 rings (SSSR count). The van der Waals surface area contributed by atoms with Gasteiger partial charge in [-0.3, -0.25) is 4.90 Å². The Labute approximate surface area is 125 Å². The molecular weight excluding hydrogens is 268 g/mol. The van der Waals surface area contributed by atoms with Crippen LogP contribution in [0, 0.1) is 13.8 Å². The van der Waals surface area contributed by atoms with Crippen LogP contribution in [0.5, 0.6) is 0 Å². The highest BCUT2D eigenvalue weighted by atomic mass is 16.4. The first-order chi connectivity index (χ1) is 9.99. The van der Waals surface area contributed by atoms with Crippen LogP contribution in [0.15, 0.2) is 5.16 Å². The summed E-state index contributed by atoms with van der Waals surface area (Å²) in [5.41, 5.74) is 8.24. The molecule has 0 radical (unpaired) electrons. The predicted octanol–water partition coefficient (Wildman–Crippen LogP) is 0.718. The summed E-state index contributed by atoms with van der Waals surface area (Å²) in [6.07, 6.45) is 1.07. The van der Waals surface area contributed by atoms with Crippen molar-refractivity contribution in [3.05, 3.63) is 16.8 Å². The molecule has 0 saturated carbocycles. The van der Waals surface area contributed by atoms with Gasteiger partial charge in [-0.25, -0.2) is 0 Å². The van der Waals surface area contributed by atoms with Crippen molar-refractivity contribution < 1.29 is 5.21 Å². The number of likely N-dealkylation sites (N-methyl/N-ethyl adjacent to an activating group) is 1. The van der Waals surface area contributed by atoms with Gasteiger partial charge in [-0.15, -0.1) is 5.10 Å². The number of aromatic nitrogens is 2. The highest BCUT2D eigenvalue weighted by molar-refractivity contribution is 6.02. The average Bonchev–Trinajstić information content (AvgIpc) is 2.49. The summed E-state index contributed by atoms with van der Waals surface area (Å²) in [7, 11) is 2.14. The Morgan fingerprint density at radius 1 is 1.38 bits per heavy atom. The van der Waals surface area contributed by atoms with E-state index in [-0.39, 0.29) is 5.84 Å². The van der Waals surface area contributed by atoms with E-state index in [1.807, 2.05) is 13.8 Å². The van der Waals surface area contributed by atoms with Crippen molar-refractivity contribution in [1.82, 2.24) is 15.1 Å². The zero-order valence-electron chi connectivity index (χ0n) is 13.2. The molecule has 2 heterocycles. The second-order valence-corrected chi connectivity index (χ2v) is 5.58. The minimum absolute atomic E-state index is 0.0903. The average molecular weight is 292 g/mol. The summed E-state index contributed by atoms with van der Waals surface area (Å²) >= 11 is 0. The number of piperazine rings is 1. The smallest absolute Gasteiger partial charge is 0.174 e. The zero-order chi connectivity index (χ0) is 15.6. The van der Waals surface area contributed by atoms with Gasteiger partial charge in [0, 0.05) is 25.7 Å². The van der Waals surface area contributed by atoms with Crippen molar-refractivity contribution in [3.63, 3.8) is 0 Å². The summed E-state index contributed by atoms with van der Waals surface area (Å²) in [4.78, 5) is 4.54. The lowest BCUT2D eigenvalue weighted by Gasteiger charge is -2.40. The lowest BCUT2D eigenvalue weighted by molar-refractivity contribution is 0.212. The molecule has 7 nitrogen and oxygen atoms in total. The minimum atomic E-state index is 0.0903. The van der Waals surface area contributed by atoms with E-state index in [1.54, 1.807) is 0 Å². The van der Waals surface area contributed by atoms with E-state index in [1.165, 1.54) is 0 Å². The summed E-state index contributed by atoms with van der Waals surface area (Å²) in [5.74, 6) is 0.799. The van der Waals surface area contributed by atoms with Gasteiger partial charge in [-0.2, -0.15) is 5.10 Å². The third kappa shape index (κ3) is 2.92. The number of rotatable bonds is 3. The van der Waals surface area contributed by atoms with Crippen molar-refractivity contribution >= 4 is 11.7 Å². The normalized spacial score (nSPS) is 20.9. The van der Waals surface area contributed by atoms with Gasteiger partial charge in [0.05, 0.1) is 11.3 Å².